The number of sulfonamides is 1. The molecule has 1 fully saturated rings. The molecule has 0 bridgehead atoms. The van der Waals surface area contributed by atoms with Crippen molar-refractivity contribution in [1.82, 2.24) is 4.57 Å². The second kappa shape index (κ2) is 7.54. The quantitative estimate of drug-likeness (QED) is 0.688. The number of hydrogen-bond donors (Lipinski definition) is 1. The van der Waals surface area contributed by atoms with Gasteiger partial charge in [-0.2, -0.15) is 5.26 Å². The van der Waals surface area contributed by atoms with Gasteiger partial charge in [-0.25, -0.2) is 13.6 Å². The summed E-state index contributed by atoms with van der Waals surface area (Å²) in [6.45, 7) is 0.817. The third-order valence-electron chi connectivity index (χ3n) is 5.76. The van der Waals surface area contributed by atoms with Crippen molar-refractivity contribution < 1.29 is 13.2 Å². The molecule has 3 aromatic rings. The number of nitriles is 1. The van der Waals surface area contributed by atoms with Crippen LogP contribution in [0.3, 0.4) is 0 Å². The van der Waals surface area contributed by atoms with E-state index in [1.54, 1.807) is 19.2 Å². The normalized spacial score (nSPS) is 14.9. The first-order valence-electron chi connectivity index (χ1n) is 9.66. The molecule has 0 aliphatic heterocycles. The number of fused-ring (bicyclic) bond motifs is 1. The van der Waals surface area contributed by atoms with Crippen molar-refractivity contribution in [1.29, 1.82) is 5.26 Å². The Kier molecular flexibility index (Phi) is 5.07. The molecule has 1 aliphatic rings. The predicted molar refractivity (Wildman–Crippen MR) is 112 cm³/mol. The van der Waals surface area contributed by atoms with E-state index in [-0.39, 0.29) is 4.90 Å². The number of nitrogens with zero attached hydrogens (tertiary/aromatic N) is 2. The number of primary sulfonamides is 1. The molecule has 2 aromatic carbocycles. The minimum absolute atomic E-state index is 0.0554. The summed E-state index contributed by atoms with van der Waals surface area (Å²) < 4.78 is 30.8. The smallest absolute Gasteiger partial charge is 0.238 e. The van der Waals surface area contributed by atoms with E-state index in [9.17, 15) is 13.7 Å². The Morgan fingerprint density at radius 1 is 1.17 bits per heavy atom. The molecule has 0 amide bonds. The number of aromatic nitrogens is 1. The van der Waals surface area contributed by atoms with Crippen molar-refractivity contribution in [2.45, 2.75) is 37.1 Å². The molecule has 0 radical (unpaired) electrons. The number of ether oxygens (including phenoxy) is 1. The topological polar surface area (TPSA) is 98.1 Å². The second-order valence-electron chi connectivity index (χ2n) is 7.55. The summed E-state index contributed by atoms with van der Waals surface area (Å²) in [5.41, 5.74) is 3.15. The van der Waals surface area contributed by atoms with Gasteiger partial charge in [-0.15, -0.1) is 0 Å². The molecule has 2 N–H and O–H groups in total. The lowest BCUT2D eigenvalue weighted by molar-refractivity contribution is 0.415. The first kappa shape index (κ1) is 19.5. The molecule has 1 aliphatic carbocycles. The molecular weight excluding hydrogens is 386 g/mol. The molecule has 0 saturated heterocycles. The zero-order chi connectivity index (χ0) is 20.6. The number of methoxy groups -OCH3 is 1. The van der Waals surface area contributed by atoms with Gasteiger partial charge in [0.25, 0.3) is 0 Å². The fourth-order valence-corrected chi connectivity index (χ4v) is 4.83. The third-order valence-corrected chi connectivity index (χ3v) is 6.68. The van der Waals surface area contributed by atoms with Crippen LogP contribution in [0.2, 0.25) is 0 Å². The molecule has 1 heterocycles. The van der Waals surface area contributed by atoms with Crippen LogP contribution in [0.25, 0.3) is 22.2 Å². The minimum Gasteiger partial charge on any atom is -0.497 e. The standard InChI is InChI=1S/C22H23N3O3S/c1-28-17-8-11-19-20(13-23)22(16-6-9-18(10-7-16)29(24,26)27)25(21(19)12-17)14-15-4-2-3-5-15/h6-12,15H,2-5,14H2,1H3,(H2,24,26,27). The molecule has 0 unspecified atom stereocenters. The van der Waals surface area contributed by atoms with E-state index in [4.69, 9.17) is 9.88 Å². The van der Waals surface area contributed by atoms with Gasteiger partial charge in [0.05, 0.1) is 28.8 Å². The average Bonchev–Trinajstić information content (AvgIpc) is 3.33. The molecular formula is C22H23N3O3S. The van der Waals surface area contributed by atoms with Gasteiger partial charge in [-0.1, -0.05) is 25.0 Å². The first-order chi connectivity index (χ1) is 13.9. The Morgan fingerprint density at radius 3 is 2.45 bits per heavy atom. The Hall–Kier alpha value is -2.82. The Labute approximate surface area is 170 Å². The summed E-state index contributed by atoms with van der Waals surface area (Å²) in [6.07, 6.45) is 4.82. The van der Waals surface area contributed by atoms with Crippen LogP contribution in [0.1, 0.15) is 31.2 Å². The van der Waals surface area contributed by atoms with Crippen molar-refractivity contribution >= 4 is 20.9 Å². The van der Waals surface area contributed by atoms with Crippen molar-refractivity contribution in [2.75, 3.05) is 7.11 Å². The van der Waals surface area contributed by atoms with Gasteiger partial charge in [0, 0.05) is 18.0 Å². The van der Waals surface area contributed by atoms with Crippen molar-refractivity contribution in [3.8, 4) is 23.1 Å². The maximum absolute atomic E-state index is 11.6. The van der Waals surface area contributed by atoms with E-state index < -0.39 is 10.0 Å². The summed E-state index contributed by atoms with van der Waals surface area (Å²) in [5, 5.41) is 16.1. The van der Waals surface area contributed by atoms with Gasteiger partial charge in [0.2, 0.25) is 10.0 Å². The average molecular weight is 410 g/mol. The first-order valence-corrected chi connectivity index (χ1v) is 11.2. The van der Waals surface area contributed by atoms with Crippen LogP contribution >= 0.6 is 0 Å². The van der Waals surface area contributed by atoms with Gasteiger partial charge >= 0.3 is 0 Å². The zero-order valence-electron chi connectivity index (χ0n) is 16.3. The fraction of sp³-hybridized carbons (Fsp3) is 0.318. The molecule has 1 aromatic heterocycles. The fourth-order valence-electron chi connectivity index (χ4n) is 4.31. The second-order valence-corrected chi connectivity index (χ2v) is 9.11. The Morgan fingerprint density at radius 2 is 1.86 bits per heavy atom. The largest absolute Gasteiger partial charge is 0.497 e. The number of benzene rings is 2. The SMILES string of the molecule is COc1ccc2c(C#N)c(-c3ccc(S(N)(=O)=O)cc3)n(CC3CCCC3)c2c1. The zero-order valence-corrected chi connectivity index (χ0v) is 17.1. The van der Waals surface area contributed by atoms with Gasteiger partial charge in [0.1, 0.15) is 11.8 Å². The Balaban J connectivity index is 1.94. The molecule has 7 heteroatoms. The summed E-state index contributed by atoms with van der Waals surface area (Å²) in [7, 11) is -2.14. The van der Waals surface area contributed by atoms with E-state index in [2.05, 4.69) is 10.6 Å². The predicted octanol–water partition coefficient (Wildman–Crippen LogP) is 4.03. The number of rotatable bonds is 5. The van der Waals surface area contributed by atoms with Crippen LogP contribution in [0.15, 0.2) is 47.4 Å². The molecule has 150 valence electrons. The maximum atomic E-state index is 11.6. The molecule has 4 rings (SSSR count). The van der Waals surface area contributed by atoms with E-state index in [1.807, 2.05) is 18.2 Å². The highest BCUT2D eigenvalue weighted by Gasteiger charge is 2.23. The van der Waals surface area contributed by atoms with Crippen LogP contribution in [-0.2, 0) is 16.6 Å². The van der Waals surface area contributed by atoms with Crippen LogP contribution in [0.4, 0.5) is 0 Å². The highest BCUT2D eigenvalue weighted by Crippen LogP contribution is 2.38. The van der Waals surface area contributed by atoms with Crippen molar-refractivity contribution in [3.63, 3.8) is 0 Å². The maximum Gasteiger partial charge on any atom is 0.238 e. The van der Waals surface area contributed by atoms with E-state index in [0.717, 1.165) is 34.5 Å². The molecule has 1 saturated carbocycles. The number of hydrogen-bond acceptors (Lipinski definition) is 4. The summed E-state index contributed by atoms with van der Waals surface area (Å²) in [6, 6.07) is 14.5. The monoisotopic (exact) mass is 409 g/mol. The van der Waals surface area contributed by atoms with E-state index >= 15 is 0 Å². The van der Waals surface area contributed by atoms with E-state index in [0.29, 0.717) is 11.5 Å². The lowest BCUT2D eigenvalue weighted by Gasteiger charge is -2.16. The summed E-state index contributed by atoms with van der Waals surface area (Å²) in [5.74, 6) is 1.30. The van der Waals surface area contributed by atoms with E-state index in [1.165, 1.54) is 37.8 Å². The molecule has 0 spiro atoms. The van der Waals surface area contributed by atoms with Gasteiger partial charge in [0.15, 0.2) is 0 Å². The highest BCUT2D eigenvalue weighted by molar-refractivity contribution is 7.89. The lowest BCUT2D eigenvalue weighted by Crippen LogP contribution is -2.12. The molecule has 0 atom stereocenters. The lowest BCUT2D eigenvalue weighted by atomic mass is 10.1. The van der Waals surface area contributed by atoms with Gasteiger partial charge in [-0.05, 0) is 48.6 Å². The van der Waals surface area contributed by atoms with Gasteiger partial charge < -0.3 is 9.30 Å². The van der Waals surface area contributed by atoms with Crippen LogP contribution in [-0.4, -0.2) is 20.1 Å². The third kappa shape index (κ3) is 3.61. The van der Waals surface area contributed by atoms with Gasteiger partial charge in [-0.3, -0.25) is 0 Å². The van der Waals surface area contributed by atoms with Crippen molar-refractivity contribution in [2.24, 2.45) is 11.1 Å². The van der Waals surface area contributed by atoms with Crippen LogP contribution in [0, 0.1) is 17.2 Å². The number of nitrogens with two attached hydrogens (primary N) is 1. The van der Waals surface area contributed by atoms with Crippen LogP contribution in [0.5, 0.6) is 5.75 Å². The molecule has 29 heavy (non-hydrogen) atoms. The summed E-state index contributed by atoms with van der Waals surface area (Å²) in [4.78, 5) is 0.0554. The van der Waals surface area contributed by atoms with Crippen molar-refractivity contribution in [3.05, 3.63) is 48.0 Å². The summed E-state index contributed by atoms with van der Waals surface area (Å²) >= 11 is 0. The minimum atomic E-state index is -3.77. The Bertz CT molecular complexity index is 1200. The highest BCUT2D eigenvalue weighted by atomic mass is 32.2. The molecule has 6 nitrogen and oxygen atoms in total. The van der Waals surface area contributed by atoms with Crippen LogP contribution < -0.4 is 9.88 Å².